The van der Waals surface area contributed by atoms with E-state index in [1.54, 1.807) is 11.3 Å². The van der Waals surface area contributed by atoms with Gasteiger partial charge < -0.3 is 9.80 Å². The fourth-order valence-electron chi connectivity index (χ4n) is 3.86. The molecule has 3 aromatic rings. The molecular weight excluding hydrogens is 416 g/mol. The molecule has 1 fully saturated rings. The van der Waals surface area contributed by atoms with Gasteiger partial charge in [0.15, 0.2) is 0 Å². The molecule has 1 aromatic carbocycles. The number of aromatic nitrogens is 2. The Hall–Kier alpha value is -2.44. The zero-order valence-corrected chi connectivity index (χ0v) is 18.8. The Balaban J connectivity index is 1.63. The van der Waals surface area contributed by atoms with E-state index < -0.39 is 0 Å². The van der Waals surface area contributed by atoms with Crippen LogP contribution in [0, 0.1) is 0 Å². The van der Waals surface area contributed by atoms with E-state index in [4.69, 9.17) is 16.6 Å². The predicted octanol–water partition coefficient (Wildman–Crippen LogP) is 4.87. The maximum absolute atomic E-state index is 12.9. The lowest BCUT2D eigenvalue weighted by Crippen LogP contribution is -2.40. The van der Waals surface area contributed by atoms with E-state index in [0.29, 0.717) is 23.9 Å². The van der Waals surface area contributed by atoms with Gasteiger partial charge in [-0.05, 0) is 42.0 Å². The number of benzene rings is 1. The van der Waals surface area contributed by atoms with Crippen molar-refractivity contribution in [3.05, 3.63) is 63.6 Å². The third-order valence-corrected chi connectivity index (χ3v) is 6.56. The van der Waals surface area contributed by atoms with Crippen molar-refractivity contribution in [2.24, 2.45) is 0 Å². The van der Waals surface area contributed by atoms with Gasteiger partial charge in [-0.1, -0.05) is 29.8 Å². The minimum Gasteiger partial charge on any atom is -0.347 e. The van der Waals surface area contributed by atoms with Gasteiger partial charge in [-0.25, -0.2) is 9.97 Å². The molecule has 2 aromatic heterocycles. The Morgan fingerprint density at radius 1 is 1.27 bits per heavy atom. The van der Waals surface area contributed by atoms with Gasteiger partial charge in [0.25, 0.3) is 0 Å². The van der Waals surface area contributed by atoms with Crippen LogP contribution in [-0.2, 0) is 11.2 Å². The summed E-state index contributed by atoms with van der Waals surface area (Å²) in [5.74, 6) is 1.06. The molecule has 0 radical (unpaired) electrons. The normalized spacial score (nSPS) is 16.5. The van der Waals surface area contributed by atoms with Gasteiger partial charge in [0.05, 0.1) is 12.1 Å². The van der Waals surface area contributed by atoms with Crippen molar-refractivity contribution in [1.82, 2.24) is 14.9 Å². The van der Waals surface area contributed by atoms with Gasteiger partial charge in [-0.2, -0.15) is 0 Å². The second-order valence-electron chi connectivity index (χ2n) is 7.81. The Kier molecular flexibility index (Phi) is 6.35. The second-order valence-corrected chi connectivity index (χ2v) is 9.27. The molecule has 3 heterocycles. The molecule has 1 aliphatic rings. The molecule has 0 bridgehead atoms. The summed E-state index contributed by atoms with van der Waals surface area (Å²) in [7, 11) is 3.89. The number of hydrogen-bond donors (Lipinski definition) is 0. The average Bonchev–Trinajstić information content (AvgIpc) is 3.27. The monoisotopic (exact) mass is 440 g/mol. The lowest BCUT2D eigenvalue weighted by Gasteiger charge is -2.33. The number of nitrogens with zero attached hydrogens (tertiary/aromatic N) is 4. The van der Waals surface area contributed by atoms with Crippen molar-refractivity contribution < 1.29 is 4.79 Å². The molecule has 30 heavy (non-hydrogen) atoms. The standard InChI is InChI=1S/C23H25ClN4OS/c1-27(2)23-25-14-20(16-7-9-18(24)10-8-16)22(26-23)17-5-3-11-28(15-17)21(29)13-19-6-4-12-30-19/h4,6-10,12,14,17H,3,5,11,13,15H2,1-2H3/t17-/m1/s1. The molecule has 0 aliphatic carbocycles. The summed E-state index contributed by atoms with van der Waals surface area (Å²) in [6.07, 6.45) is 4.35. The molecular formula is C23H25ClN4OS. The smallest absolute Gasteiger partial charge is 0.227 e. The number of piperidine rings is 1. The fourth-order valence-corrected chi connectivity index (χ4v) is 4.69. The van der Waals surface area contributed by atoms with Gasteiger partial charge in [-0.3, -0.25) is 4.79 Å². The maximum Gasteiger partial charge on any atom is 0.227 e. The average molecular weight is 441 g/mol. The molecule has 156 valence electrons. The molecule has 0 saturated carbocycles. The zero-order chi connectivity index (χ0) is 21.1. The number of carbonyl (C=O) groups is 1. The first-order chi connectivity index (χ1) is 14.5. The van der Waals surface area contributed by atoms with Crippen LogP contribution in [0.25, 0.3) is 11.1 Å². The van der Waals surface area contributed by atoms with Crippen LogP contribution in [-0.4, -0.2) is 48.0 Å². The summed E-state index contributed by atoms with van der Waals surface area (Å²) in [6.45, 7) is 1.50. The van der Waals surface area contributed by atoms with Gasteiger partial charge in [0, 0.05) is 54.8 Å². The SMILES string of the molecule is CN(C)c1ncc(-c2ccc(Cl)cc2)c([C@@H]2CCCN(C(=O)Cc3cccs3)C2)n1. The Morgan fingerprint density at radius 2 is 2.07 bits per heavy atom. The van der Waals surface area contributed by atoms with Gasteiger partial charge >= 0.3 is 0 Å². The molecule has 0 unspecified atom stereocenters. The predicted molar refractivity (Wildman–Crippen MR) is 123 cm³/mol. The van der Waals surface area contributed by atoms with Crippen LogP contribution in [0.15, 0.2) is 48.0 Å². The number of rotatable bonds is 5. The number of thiophene rings is 1. The zero-order valence-electron chi connectivity index (χ0n) is 17.2. The van der Waals surface area contributed by atoms with E-state index in [2.05, 4.69) is 4.98 Å². The molecule has 1 aliphatic heterocycles. The molecule has 4 rings (SSSR count). The highest BCUT2D eigenvalue weighted by Crippen LogP contribution is 2.34. The first-order valence-electron chi connectivity index (χ1n) is 10.1. The summed E-state index contributed by atoms with van der Waals surface area (Å²) < 4.78 is 0. The summed E-state index contributed by atoms with van der Waals surface area (Å²) in [4.78, 5) is 27.4. The number of carbonyl (C=O) groups excluding carboxylic acids is 1. The van der Waals surface area contributed by atoms with Gasteiger partial charge in [0.1, 0.15) is 0 Å². The van der Waals surface area contributed by atoms with E-state index in [9.17, 15) is 4.79 Å². The summed E-state index contributed by atoms with van der Waals surface area (Å²) >= 11 is 7.72. The van der Waals surface area contributed by atoms with E-state index >= 15 is 0 Å². The van der Waals surface area contributed by atoms with Crippen LogP contribution in [0.5, 0.6) is 0 Å². The first kappa shape index (κ1) is 20.8. The van der Waals surface area contributed by atoms with Crippen LogP contribution in [0.3, 0.4) is 0 Å². The van der Waals surface area contributed by atoms with E-state index in [1.807, 2.05) is 71.9 Å². The van der Waals surface area contributed by atoms with Crippen molar-refractivity contribution in [3.8, 4) is 11.1 Å². The number of hydrogen-bond acceptors (Lipinski definition) is 5. The van der Waals surface area contributed by atoms with Crippen LogP contribution in [0.4, 0.5) is 5.95 Å². The van der Waals surface area contributed by atoms with Crippen molar-refractivity contribution in [2.75, 3.05) is 32.1 Å². The quantitative estimate of drug-likeness (QED) is 0.567. The summed E-state index contributed by atoms with van der Waals surface area (Å²) in [5, 5.41) is 2.72. The summed E-state index contributed by atoms with van der Waals surface area (Å²) in [5.41, 5.74) is 3.06. The third-order valence-electron chi connectivity index (χ3n) is 5.43. The van der Waals surface area contributed by atoms with Crippen molar-refractivity contribution >= 4 is 34.8 Å². The molecule has 5 nitrogen and oxygen atoms in total. The topological polar surface area (TPSA) is 49.3 Å². The molecule has 1 saturated heterocycles. The van der Waals surface area contributed by atoms with E-state index in [-0.39, 0.29) is 11.8 Å². The highest BCUT2D eigenvalue weighted by molar-refractivity contribution is 7.10. The number of halogens is 1. The first-order valence-corrected chi connectivity index (χ1v) is 11.4. The molecule has 0 N–H and O–H groups in total. The largest absolute Gasteiger partial charge is 0.347 e. The van der Waals surface area contributed by atoms with Crippen molar-refractivity contribution in [3.63, 3.8) is 0 Å². The van der Waals surface area contributed by atoms with Crippen molar-refractivity contribution in [1.29, 1.82) is 0 Å². The minimum absolute atomic E-state index is 0.179. The highest BCUT2D eigenvalue weighted by atomic mass is 35.5. The van der Waals surface area contributed by atoms with E-state index in [0.717, 1.165) is 41.1 Å². The van der Waals surface area contributed by atoms with Crippen LogP contribution < -0.4 is 4.90 Å². The Bertz CT molecular complexity index is 1000. The minimum atomic E-state index is 0.179. The van der Waals surface area contributed by atoms with E-state index in [1.165, 1.54) is 0 Å². The van der Waals surface area contributed by atoms with Crippen LogP contribution in [0.1, 0.15) is 29.3 Å². The molecule has 1 amide bonds. The lowest BCUT2D eigenvalue weighted by atomic mass is 9.89. The second kappa shape index (κ2) is 9.14. The fraction of sp³-hybridized carbons (Fsp3) is 0.348. The Morgan fingerprint density at radius 3 is 2.77 bits per heavy atom. The summed E-state index contributed by atoms with van der Waals surface area (Å²) in [6, 6.07) is 11.8. The maximum atomic E-state index is 12.9. The van der Waals surface area contributed by atoms with Crippen LogP contribution >= 0.6 is 22.9 Å². The van der Waals surface area contributed by atoms with Gasteiger partial charge in [0.2, 0.25) is 11.9 Å². The Labute approximate surface area is 186 Å². The highest BCUT2D eigenvalue weighted by Gasteiger charge is 2.28. The number of anilines is 1. The van der Waals surface area contributed by atoms with Crippen molar-refractivity contribution in [2.45, 2.75) is 25.2 Å². The van der Waals surface area contributed by atoms with Gasteiger partial charge in [-0.15, -0.1) is 11.3 Å². The van der Waals surface area contributed by atoms with Crippen LogP contribution in [0.2, 0.25) is 5.02 Å². The molecule has 7 heteroatoms. The lowest BCUT2D eigenvalue weighted by molar-refractivity contribution is -0.131. The third kappa shape index (κ3) is 4.65. The number of amides is 1. The molecule has 0 spiro atoms. The number of likely N-dealkylation sites (tertiary alicyclic amines) is 1. The molecule has 1 atom stereocenters.